The molecule has 1 aromatic carbocycles. The van der Waals surface area contributed by atoms with Gasteiger partial charge in [0.25, 0.3) is 5.91 Å². The van der Waals surface area contributed by atoms with E-state index in [0.717, 1.165) is 9.35 Å². The molecule has 0 aliphatic carbocycles. The minimum atomic E-state index is -0.842. The molecule has 2 aromatic rings. The highest BCUT2D eigenvalue weighted by molar-refractivity contribution is 9.11. The zero-order valence-corrected chi connectivity index (χ0v) is 14.3. The number of benzene rings is 1. The Hall–Kier alpha value is -1.66. The Morgan fingerprint density at radius 1 is 1.14 bits per heavy atom. The Kier molecular flexibility index (Phi) is 6.15. The molecule has 0 saturated heterocycles. The van der Waals surface area contributed by atoms with E-state index in [4.69, 9.17) is 5.11 Å². The first-order valence-electron chi connectivity index (χ1n) is 6.86. The highest BCUT2D eigenvalue weighted by Gasteiger charge is 2.18. The standard InChI is InChI=1S/C16H16BrNO3S/c17-14-9-8-13(22-14)16(21)18(10-4-7-15(19)20)11-12-5-2-1-3-6-12/h1-3,5-6,8-9H,4,7,10-11H2,(H,19,20). The fraction of sp³-hybridized carbons (Fsp3) is 0.250. The number of hydrogen-bond acceptors (Lipinski definition) is 3. The molecule has 0 unspecified atom stereocenters. The van der Waals surface area contributed by atoms with Crippen molar-refractivity contribution in [3.63, 3.8) is 0 Å². The zero-order chi connectivity index (χ0) is 15.9. The van der Waals surface area contributed by atoms with Gasteiger partial charge >= 0.3 is 5.97 Å². The average molecular weight is 382 g/mol. The van der Waals surface area contributed by atoms with Crippen molar-refractivity contribution in [2.24, 2.45) is 0 Å². The smallest absolute Gasteiger partial charge is 0.303 e. The van der Waals surface area contributed by atoms with Crippen LogP contribution in [0.15, 0.2) is 46.3 Å². The number of amides is 1. The topological polar surface area (TPSA) is 57.6 Å². The number of carboxylic acid groups (broad SMARTS) is 1. The molecule has 0 saturated carbocycles. The van der Waals surface area contributed by atoms with E-state index < -0.39 is 5.97 Å². The molecular formula is C16H16BrNO3S. The molecule has 0 aliphatic heterocycles. The molecule has 0 spiro atoms. The van der Waals surface area contributed by atoms with Crippen molar-refractivity contribution in [2.75, 3.05) is 6.54 Å². The van der Waals surface area contributed by atoms with Crippen LogP contribution in [0.1, 0.15) is 28.1 Å². The van der Waals surface area contributed by atoms with E-state index in [1.165, 1.54) is 11.3 Å². The molecule has 0 bridgehead atoms. The summed E-state index contributed by atoms with van der Waals surface area (Å²) in [5, 5.41) is 8.77. The van der Waals surface area contributed by atoms with Crippen LogP contribution in [0.25, 0.3) is 0 Å². The Labute approximate surface area is 141 Å². The Morgan fingerprint density at radius 2 is 1.86 bits per heavy atom. The van der Waals surface area contributed by atoms with Crippen molar-refractivity contribution in [3.05, 3.63) is 56.7 Å². The van der Waals surface area contributed by atoms with Crippen molar-refractivity contribution >= 4 is 39.1 Å². The van der Waals surface area contributed by atoms with E-state index >= 15 is 0 Å². The van der Waals surface area contributed by atoms with Crippen LogP contribution in [0.5, 0.6) is 0 Å². The Balaban J connectivity index is 2.09. The van der Waals surface area contributed by atoms with Crippen LogP contribution in [0.3, 0.4) is 0 Å². The van der Waals surface area contributed by atoms with Gasteiger partial charge in [0.2, 0.25) is 0 Å². The van der Waals surface area contributed by atoms with Gasteiger partial charge in [0.05, 0.1) is 8.66 Å². The molecule has 0 radical (unpaired) electrons. The first-order chi connectivity index (χ1) is 10.6. The lowest BCUT2D eigenvalue weighted by molar-refractivity contribution is -0.137. The van der Waals surface area contributed by atoms with Crippen molar-refractivity contribution in [2.45, 2.75) is 19.4 Å². The van der Waals surface area contributed by atoms with Crippen LogP contribution >= 0.6 is 27.3 Å². The SMILES string of the molecule is O=C(O)CCCN(Cc1ccccc1)C(=O)c1ccc(Br)s1. The first-order valence-corrected chi connectivity index (χ1v) is 8.47. The third-order valence-electron chi connectivity index (χ3n) is 3.11. The molecule has 4 nitrogen and oxygen atoms in total. The van der Waals surface area contributed by atoms with Gasteiger partial charge in [-0.05, 0) is 40.0 Å². The first kappa shape index (κ1) is 16.7. The number of rotatable bonds is 7. The summed E-state index contributed by atoms with van der Waals surface area (Å²) in [5.41, 5.74) is 1.03. The fourth-order valence-electron chi connectivity index (χ4n) is 2.06. The highest BCUT2D eigenvalue weighted by Crippen LogP contribution is 2.24. The lowest BCUT2D eigenvalue weighted by Crippen LogP contribution is -2.31. The van der Waals surface area contributed by atoms with Gasteiger partial charge in [-0.15, -0.1) is 11.3 Å². The monoisotopic (exact) mass is 381 g/mol. The maximum Gasteiger partial charge on any atom is 0.303 e. The van der Waals surface area contributed by atoms with Crippen LogP contribution in [0.4, 0.5) is 0 Å². The predicted octanol–water partition coefficient (Wildman–Crippen LogP) is 4.02. The summed E-state index contributed by atoms with van der Waals surface area (Å²) in [6.07, 6.45) is 0.507. The Morgan fingerprint density at radius 3 is 2.45 bits per heavy atom. The second-order valence-electron chi connectivity index (χ2n) is 4.81. The lowest BCUT2D eigenvalue weighted by atomic mass is 10.2. The van der Waals surface area contributed by atoms with Gasteiger partial charge in [0.1, 0.15) is 0 Å². The molecule has 0 atom stereocenters. The van der Waals surface area contributed by atoms with E-state index in [2.05, 4.69) is 15.9 Å². The molecule has 2 rings (SSSR count). The maximum atomic E-state index is 12.6. The van der Waals surface area contributed by atoms with Gasteiger partial charge in [-0.25, -0.2) is 0 Å². The van der Waals surface area contributed by atoms with Crippen LogP contribution in [0, 0.1) is 0 Å². The van der Waals surface area contributed by atoms with Crippen LogP contribution in [-0.2, 0) is 11.3 Å². The molecule has 22 heavy (non-hydrogen) atoms. The summed E-state index contributed by atoms with van der Waals surface area (Å²) in [5.74, 6) is -0.907. The number of hydrogen-bond donors (Lipinski definition) is 1. The van der Waals surface area contributed by atoms with Crippen molar-refractivity contribution < 1.29 is 14.7 Å². The number of nitrogens with zero attached hydrogens (tertiary/aromatic N) is 1. The predicted molar refractivity (Wildman–Crippen MR) is 90.1 cm³/mol. The fourth-order valence-corrected chi connectivity index (χ4v) is 3.42. The van der Waals surface area contributed by atoms with E-state index in [9.17, 15) is 9.59 Å². The quantitative estimate of drug-likeness (QED) is 0.787. The summed E-state index contributed by atoms with van der Waals surface area (Å²) >= 11 is 4.74. The van der Waals surface area contributed by atoms with Gasteiger partial charge < -0.3 is 10.0 Å². The van der Waals surface area contributed by atoms with Crippen molar-refractivity contribution in [1.82, 2.24) is 4.90 Å². The second-order valence-corrected chi connectivity index (χ2v) is 7.28. The van der Waals surface area contributed by atoms with E-state index in [1.54, 1.807) is 11.0 Å². The minimum Gasteiger partial charge on any atom is -0.481 e. The molecule has 0 aliphatic rings. The second kappa shape index (κ2) is 8.10. The van der Waals surface area contributed by atoms with Gasteiger partial charge in [-0.2, -0.15) is 0 Å². The summed E-state index contributed by atoms with van der Waals surface area (Å²) in [6, 6.07) is 13.3. The average Bonchev–Trinajstić information content (AvgIpc) is 2.93. The number of thiophene rings is 1. The number of halogens is 1. The highest BCUT2D eigenvalue weighted by atomic mass is 79.9. The van der Waals surface area contributed by atoms with Gasteiger partial charge in [-0.3, -0.25) is 9.59 Å². The third kappa shape index (κ3) is 4.96. The number of carbonyl (C=O) groups excluding carboxylic acids is 1. The largest absolute Gasteiger partial charge is 0.481 e. The zero-order valence-electron chi connectivity index (χ0n) is 11.9. The van der Waals surface area contributed by atoms with Gasteiger partial charge in [0, 0.05) is 19.5 Å². The lowest BCUT2D eigenvalue weighted by Gasteiger charge is -2.22. The third-order valence-corrected chi connectivity index (χ3v) is 4.72. The van der Waals surface area contributed by atoms with E-state index in [0.29, 0.717) is 24.4 Å². The number of carbonyl (C=O) groups is 2. The van der Waals surface area contributed by atoms with Crippen molar-refractivity contribution in [3.8, 4) is 0 Å². The maximum absolute atomic E-state index is 12.6. The molecular weight excluding hydrogens is 366 g/mol. The summed E-state index contributed by atoms with van der Waals surface area (Å²) in [4.78, 5) is 25.6. The van der Waals surface area contributed by atoms with Crippen LogP contribution < -0.4 is 0 Å². The van der Waals surface area contributed by atoms with Crippen molar-refractivity contribution in [1.29, 1.82) is 0 Å². The molecule has 6 heteroatoms. The number of carboxylic acids is 1. The van der Waals surface area contributed by atoms with E-state index in [-0.39, 0.29) is 12.3 Å². The summed E-state index contributed by atoms with van der Waals surface area (Å²) in [7, 11) is 0. The van der Waals surface area contributed by atoms with Gasteiger partial charge in [0.15, 0.2) is 0 Å². The van der Waals surface area contributed by atoms with Crippen LogP contribution in [-0.4, -0.2) is 28.4 Å². The number of aliphatic carboxylic acids is 1. The molecule has 1 N–H and O–H groups in total. The minimum absolute atomic E-state index is 0.0622. The normalized spacial score (nSPS) is 10.4. The summed E-state index contributed by atoms with van der Waals surface area (Å²) < 4.78 is 0.904. The molecule has 0 fully saturated rings. The summed E-state index contributed by atoms with van der Waals surface area (Å²) in [6.45, 7) is 0.907. The molecule has 1 aromatic heterocycles. The Bertz CT molecular complexity index is 642. The van der Waals surface area contributed by atoms with E-state index in [1.807, 2.05) is 36.4 Å². The molecule has 1 heterocycles. The molecule has 116 valence electrons. The van der Waals surface area contributed by atoms with Crippen LogP contribution in [0.2, 0.25) is 0 Å². The molecule has 1 amide bonds. The van der Waals surface area contributed by atoms with Gasteiger partial charge in [-0.1, -0.05) is 30.3 Å².